The SMILES string of the molecule is CC(C)(Cl)C(=O)n1ccc(=O)[nH]1. The van der Waals surface area contributed by atoms with Gasteiger partial charge in [-0.05, 0) is 13.8 Å². The molecule has 1 rings (SSSR count). The quantitative estimate of drug-likeness (QED) is 0.664. The second-order valence-electron chi connectivity index (χ2n) is 2.94. The van der Waals surface area contributed by atoms with E-state index in [2.05, 4.69) is 5.10 Å². The summed E-state index contributed by atoms with van der Waals surface area (Å²) in [6.45, 7) is 3.13. The Kier molecular flexibility index (Phi) is 2.10. The van der Waals surface area contributed by atoms with E-state index in [0.717, 1.165) is 4.68 Å². The molecular formula is C7H9ClN2O2. The fourth-order valence-electron chi connectivity index (χ4n) is 0.740. The molecule has 1 N–H and O–H groups in total. The van der Waals surface area contributed by atoms with E-state index in [1.165, 1.54) is 12.3 Å². The summed E-state index contributed by atoms with van der Waals surface area (Å²) < 4.78 is 1.08. The zero-order valence-corrected chi connectivity index (χ0v) is 7.55. The summed E-state index contributed by atoms with van der Waals surface area (Å²) in [5.41, 5.74) is -0.315. The number of carbonyl (C=O) groups excluding carboxylic acids is 1. The second kappa shape index (κ2) is 2.79. The van der Waals surface area contributed by atoms with Crippen molar-refractivity contribution in [3.05, 3.63) is 22.6 Å². The molecule has 1 aromatic heterocycles. The lowest BCUT2D eigenvalue weighted by Crippen LogP contribution is -2.31. The lowest BCUT2D eigenvalue weighted by Gasteiger charge is -2.13. The molecule has 4 nitrogen and oxygen atoms in total. The third-order valence-electron chi connectivity index (χ3n) is 1.33. The summed E-state index contributed by atoms with van der Waals surface area (Å²) in [5.74, 6) is -0.355. The summed E-state index contributed by atoms with van der Waals surface area (Å²) in [6.07, 6.45) is 1.36. The van der Waals surface area contributed by atoms with Crippen molar-refractivity contribution in [2.45, 2.75) is 18.7 Å². The number of hydrogen-bond donors (Lipinski definition) is 1. The lowest BCUT2D eigenvalue weighted by atomic mass is 10.2. The standard InChI is InChI=1S/C7H9ClN2O2/c1-7(2,8)6(12)10-4-3-5(11)9-10/h3-4H,1-2H3,(H,9,11). The highest BCUT2D eigenvalue weighted by Crippen LogP contribution is 2.14. The van der Waals surface area contributed by atoms with Crippen LogP contribution < -0.4 is 5.56 Å². The van der Waals surface area contributed by atoms with Crippen molar-refractivity contribution in [1.29, 1.82) is 0 Å². The van der Waals surface area contributed by atoms with Crippen LogP contribution in [-0.4, -0.2) is 20.6 Å². The van der Waals surface area contributed by atoms with Crippen molar-refractivity contribution >= 4 is 17.5 Å². The number of carbonyl (C=O) groups is 1. The van der Waals surface area contributed by atoms with Gasteiger partial charge < -0.3 is 0 Å². The minimum absolute atomic E-state index is 0.315. The van der Waals surface area contributed by atoms with E-state index >= 15 is 0 Å². The van der Waals surface area contributed by atoms with E-state index in [-0.39, 0.29) is 11.5 Å². The van der Waals surface area contributed by atoms with E-state index in [4.69, 9.17) is 11.6 Å². The Bertz CT molecular complexity index is 345. The lowest BCUT2D eigenvalue weighted by molar-refractivity contribution is 0.0855. The molecule has 0 saturated carbocycles. The third kappa shape index (κ3) is 1.76. The third-order valence-corrected chi connectivity index (χ3v) is 1.49. The summed E-state index contributed by atoms with van der Waals surface area (Å²) in [7, 11) is 0. The Morgan fingerprint density at radius 3 is 2.58 bits per heavy atom. The average molecular weight is 189 g/mol. The van der Waals surface area contributed by atoms with Crippen LogP contribution in [0.2, 0.25) is 0 Å². The molecule has 0 amide bonds. The van der Waals surface area contributed by atoms with E-state index in [1.807, 2.05) is 0 Å². The van der Waals surface area contributed by atoms with Gasteiger partial charge in [0.25, 0.3) is 11.5 Å². The molecule has 0 fully saturated rings. The maximum Gasteiger partial charge on any atom is 0.265 e. The van der Waals surface area contributed by atoms with Crippen LogP contribution >= 0.6 is 11.6 Å². The molecule has 66 valence electrons. The normalized spacial score (nSPS) is 11.6. The van der Waals surface area contributed by atoms with E-state index in [1.54, 1.807) is 13.8 Å². The van der Waals surface area contributed by atoms with Gasteiger partial charge in [-0.15, -0.1) is 11.6 Å². The van der Waals surface area contributed by atoms with Gasteiger partial charge in [-0.1, -0.05) is 0 Å². The highest BCUT2D eigenvalue weighted by atomic mass is 35.5. The first-order chi connectivity index (χ1) is 5.41. The van der Waals surface area contributed by atoms with E-state index in [9.17, 15) is 9.59 Å². The van der Waals surface area contributed by atoms with Crippen molar-refractivity contribution in [2.24, 2.45) is 0 Å². The Balaban J connectivity index is 3.01. The Morgan fingerprint density at radius 1 is 1.67 bits per heavy atom. The van der Waals surface area contributed by atoms with Crippen molar-refractivity contribution < 1.29 is 4.79 Å². The van der Waals surface area contributed by atoms with Crippen LogP contribution in [0.15, 0.2) is 17.1 Å². The highest BCUT2D eigenvalue weighted by molar-refractivity contribution is 6.34. The number of aromatic nitrogens is 2. The Hall–Kier alpha value is -1.03. The van der Waals surface area contributed by atoms with Crippen molar-refractivity contribution in [3.63, 3.8) is 0 Å². The van der Waals surface area contributed by atoms with Gasteiger partial charge in [0.05, 0.1) is 0 Å². The molecule has 0 aliphatic heterocycles. The Labute approximate surface area is 74.1 Å². The van der Waals surface area contributed by atoms with Gasteiger partial charge in [0.15, 0.2) is 0 Å². The minimum atomic E-state index is -0.998. The van der Waals surface area contributed by atoms with Crippen molar-refractivity contribution in [1.82, 2.24) is 9.78 Å². The smallest absolute Gasteiger partial charge is 0.265 e. The van der Waals surface area contributed by atoms with Crippen LogP contribution in [0, 0.1) is 0 Å². The number of alkyl halides is 1. The van der Waals surface area contributed by atoms with Crippen LogP contribution in [0.5, 0.6) is 0 Å². The van der Waals surface area contributed by atoms with Gasteiger partial charge in [-0.25, -0.2) is 4.68 Å². The van der Waals surface area contributed by atoms with Gasteiger partial charge in [-0.3, -0.25) is 14.7 Å². The van der Waals surface area contributed by atoms with Crippen molar-refractivity contribution in [2.75, 3.05) is 0 Å². The molecule has 0 atom stereocenters. The highest BCUT2D eigenvalue weighted by Gasteiger charge is 2.25. The van der Waals surface area contributed by atoms with E-state index in [0.29, 0.717) is 0 Å². The molecule has 0 saturated heterocycles. The van der Waals surface area contributed by atoms with Crippen LogP contribution in [0.25, 0.3) is 0 Å². The molecule has 0 spiro atoms. The summed E-state index contributed by atoms with van der Waals surface area (Å²) in [4.78, 5) is 21.0. The number of aromatic amines is 1. The van der Waals surface area contributed by atoms with Gasteiger partial charge in [0.1, 0.15) is 4.87 Å². The number of hydrogen-bond acceptors (Lipinski definition) is 2. The minimum Gasteiger partial charge on any atom is -0.271 e. The van der Waals surface area contributed by atoms with Crippen LogP contribution in [-0.2, 0) is 0 Å². The molecule has 0 aliphatic rings. The van der Waals surface area contributed by atoms with Crippen LogP contribution in [0.1, 0.15) is 18.6 Å². The molecule has 0 radical (unpaired) electrons. The molecule has 1 heterocycles. The second-order valence-corrected chi connectivity index (χ2v) is 3.88. The molecule has 0 aromatic carbocycles. The molecule has 0 unspecified atom stereocenters. The molecule has 0 aliphatic carbocycles. The first-order valence-corrected chi connectivity index (χ1v) is 3.80. The maximum atomic E-state index is 11.3. The number of H-pyrrole nitrogens is 1. The average Bonchev–Trinajstić information content (AvgIpc) is 2.32. The fourth-order valence-corrected chi connectivity index (χ4v) is 0.831. The number of halogens is 1. The zero-order chi connectivity index (χ0) is 9.35. The monoisotopic (exact) mass is 188 g/mol. The van der Waals surface area contributed by atoms with Gasteiger partial charge in [0, 0.05) is 12.3 Å². The van der Waals surface area contributed by atoms with E-state index < -0.39 is 4.87 Å². The molecular weight excluding hydrogens is 180 g/mol. The largest absolute Gasteiger partial charge is 0.271 e. The summed E-state index contributed by atoms with van der Waals surface area (Å²) >= 11 is 5.73. The Morgan fingerprint density at radius 2 is 2.25 bits per heavy atom. The molecule has 0 bridgehead atoms. The molecule has 5 heteroatoms. The van der Waals surface area contributed by atoms with Crippen molar-refractivity contribution in [3.8, 4) is 0 Å². The first-order valence-electron chi connectivity index (χ1n) is 3.42. The topological polar surface area (TPSA) is 54.9 Å². The first kappa shape index (κ1) is 9.06. The predicted octanol–water partition coefficient (Wildman–Crippen LogP) is 0.834. The molecule has 12 heavy (non-hydrogen) atoms. The number of nitrogens with one attached hydrogen (secondary N) is 1. The van der Waals surface area contributed by atoms with Crippen LogP contribution in [0.4, 0.5) is 0 Å². The van der Waals surface area contributed by atoms with Gasteiger partial charge >= 0.3 is 0 Å². The zero-order valence-electron chi connectivity index (χ0n) is 6.80. The number of rotatable bonds is 1. The number of nitrogens with zero attached hydrogens (tertiary/aromatic N) is 1. The molecule has 1 aromatic rings. The van der Waals surface area contributed by atoms with Gasteiger partial charge in [0.2, 0.25) is 0 Å². The maximum absolute atomic E-state index is 11.3. The predicted molar refractivity (Wildman–Crippen MR) is 45.6 cm³/mol. The summed E-state index contributed by atoms with van der Waals surface area (Å²) in [5, 5.41) is 2.31. The fraction of sp³-hybridized carbons (Fsp3) is 0.429. The summed E-state index contributed by atoms with van der Waals surface area (Å²) in [6, 6.07) is 1.26. The van der Waals surface area contributed by atoms with Crippen LogP contribution in [0.3, 0.4) is 0 Å². The van der Waals surface area contributed by atoms with Gasteiger partial charge in [-0.2, -0.15) is 0 Å².